The van der Waals surface area contributed by atoms with Crippen molar-refractivity contribution in [3.63, 3.8) is 0 Å². The molecule has 0 N–H and O–H groups in total. The van der Waals surface area contributed by atoms with Crippen molar-refractivity contribution < 1.29 is 27.1 Å². The van der Waals surface area contributed by atoms with Crippen molar-refractivity contribution in [2.45, 2.75) is 19.5 Å². The largest absolute Gasteiger partial charge is 0.452 e. The van der Waals surface area contributed by atoms with Gasteiger partial charge < -0.3 is 14.1 Å². The number of hydrogen-bond acceptors (Lipinski definition) is 3. The molecular formula is C12H15ClF3NO3. The zero-order chi connectivity index (χ0) is 15.2. The third-order valence-corrected chi connectivity index (χ3v) is 2.72. The molecular weight excluding hydrogens is 299 g/mol. The van der Waals surface area contributed by atoms with Crippen LogP contribution in [0.15, 0.2) is 16.7 Å². The van der Waals surface area contributed by atoms with Crippen LogP contribution in [0.25, 0.3) is 0 Å². The molecule has 4 nitrogen and oxygen atoms in total. The molecule has 0 saturated carbocycles. The summed E-state index contributed by atoms with van der Waals surface area (Å²) in [5.74, 6) is -0.808. The van der Waals surface area contributed by atoms with Crippen LogP contribution >= 0.6 is 11.6 Å². The Labute approximate surface area is 119 Å². The average Bonchev–Trinajstić information content (AvgIpc) is 2.77. The zero-order valence-electron chi connectivity index (χ0n) is 10.9. The number of ether oxygens (including phenoxy) is 1. The fourth-order valence-corrected chi connectivity index (χ4v) is 1.78. The van der Waals surface area contributed by atoms with E-state index in [-0.39, 0.29) is 23.9 Å². The van der Waals surface area contributed by atoms with E-state index in [1.807, 2.05) is 0 Å². The van der Waals surface area contributed by atoms with E-state index < -0.39 is 18.6 Å². The second-order valence-electron chi connectivity index (χ2n) is 4.00. The lowest BCUT2D eigenvalue weighted by molar-refractivity contribution is -0.141. The van der Waals surface area contributed by atoms with Gasteiger partial charge in [-0.1, -0.05) is 0 Å². The highest BCUT2D eigenvalue weighted by Gasteiger charge is 2.34. The quantitative estimate of drug-likeness (QED) is 0.725. The Hall–Kier alpha value is -1.21. The van der Waals surface area contributed by atoms with E-state index in [2.05, 4.69) is 0 Å². The molecule has 0 bridgehead atoms. The minimum atomic E-state index is -4.47. The molecule has 0 aliphatic rings. The number of nitrogens with zero attached hydrogens (tertiary/aromatic N) is 1. The van der Waals surface area contributed by atoms with Gasteiger partial charge in [-0.05, 0) is 31.0 Å². The number of carbonyl (C=O) groups is 1. The van der Waals surface area contributed by atoms with Crippen LogP contribution in [0.5, 0.6) is 0 Å². The topological polar surface area (TPSA) is 42.7 Å². The van der Waals surface area contributed by atoms with Gasteiger partial charge in [-0.15, -0.1) is 0 Å². The highest BCUT2D eigenvalue weighted by molar-refractivity contribution is 6.32. The Balaban J connectivity index is 2.71. The maximum absolute atomic E-state index is 12.5. The van der Waals surface area contributed by atoms with Gasteiger partial charge in [0.05, 0.1) is 11.8 Å². The highest BCUT2D eigenvalue weighted by Crippen LogP contribution is 2.22. The SMILES string of the molecule is CCOCCCN(CC(F)(F)F)C(=O)c1ccoc1Cl. The second kappa shape index (κ2) is 7.54. The number of alkyl halides is 3. The van der Waals surface area contributed by atoms with Crippen LogP contribution in [0.1, 0.15) is 23.7 Å². The van der Waals surface area contributed by atoms with Gasteiger partial charge in [0.2, 0.25) is 5.22 Å². The normalized spacial score (nSPS) is 11.7. The standard InChI is InChI=1S/C12H15ClF3NO3/c1-2-19-6-3-5-17(8-12(14,15)16)11(18)9-4-7-20-10(9)13/h4,7H,2-3,5-6,8H2,1H3. The lowest BCUT2D eigenvalue weighted by atomic mass is 10.2. The molecule has 1 rings (SSSR count). The van der Waals surface area contributed by atoms with Crippen molar-refractivity contribution in [3.05, 3.63) is 23.1 Å². The molecule has 1 heterocycles. The summed E-state index contributed by atoms with van der Waals surface area (Å²) in [6, 6.07) is 1.25. The third kappa shape index (κ3) is 5.42. The Morgan fingerprint density at radius 3 is 2.70 bits per heavy atom. The average molecular weight is 314 g/mol. The van der Waals surface area contributed by atoms with Gasteiger partial charge in [-0.25, -0.2) is 0 Å². The third-order valence-electron chi connectivity index (χ3n) is 2.43. The lowest BCUT2D eigenvalue weighted by Gasteiger charge is -2.23. The molecule has 1 aromatic rings. The smallest absolute Gasteiger partial charge is 0.406 e. The van der Waals surface area contributed by atoms with Gasteiger partial charge in [0.1, 0.15) is 6.54 Å². The van der Waals surface area contributed by atoms with Crippen molar-refractivity contribution in [2.75, 3.05) is 26.3 Å². The molecule has 0 aliphatic heterocycles. The summed E-state index contributed by atoms with van der Waals surface area (Å²) in [4.78, 5) is 12.7. The molecule has 0 radical (unpaired) electrons. The van der Waals surface area contributed by atoms with Gasteiger partial charge >= 0.3 is 6.18 Å². The van der Waals surface area contributed by atoms with Gasteiger partial charge in [0, 0.05) is 19.8 Å². The first kappa shape index (κ1) is 16.8. The number of halogens is 4. The van der Waals surface area contributed by atoms with Crippen molar-refractivity contribution >= 4 is 17.5 Å². The summed E-state index contributed by atoms with van der Waals surface area (Å²) in [5, 5.41) is -0.216. The van der Waals surface area contributed by atoms with Crippen LogP contribution in [-0.2, 0) is 4.74 Å². The first-order chi connectivity index (χ1) is 9.35. The van der Waals surface area contributed by atoms with Crippen molar-refractivity contribution in [3.8, 4) is 0 Å². The number of furan rings is 1. The molecule has 0 spiro atoms. The van der Waals surface area contributed by atoms with E-state index in [9.17, 15) is 18.0 Å². The number of carbonyl (C=O) groups excluding carboxylic acids is 1. The predicted molar refractivity (Wildman–Crippen MR) is 66.8 cm³/mol. The minimum Gasteiger partial charge on any atom is -0.452 e. The molecule has 0 atom stereocenters. The summed E-state index contributed by atoms with van der Waals surface area (Å²) >= 11 is 5.61. The summed E-state index contributed by atoms with van der Waals surface area (Å²) in [6.07, 6.45) is -3.01. The molecule has 0 aromatic carbocycles. The van der Waals surface area contributed by atoms with Gasteiger partial charge in [-0.3, -0.25) is 4.79 Å². The first-order valence-electron chi connectivity index (χ1n) is 6.02. The van der Waals surface area contributed by atoms with Gasteiger partial charge in [0.15, 0.2) is 0 Å². The van der Waals surface area contributed by atoms with E-state index in [4.69, 9.17) is 20.8 Å². The van der Waals surface area contributed by atoms with E-state index in [1.54, 1.807) is 6.92 Å². The summed E-state index contributed by atoms with van der Waals surface area (Å²) < 4.78 is 47.3. The fraction of sp³-hybridized carbons (Fsp3) is 0.583. The Morgan fingerprint density at radius 2 is 2.20 bits per heavy atom. The number of rotatable bonds is 7. The first-order valence-corrected chi connectivity index (χ1v) is 6.39. The Morgan fingerprint density at radius 1 is 1.50 bits per heavy atom. The predicted octanol–water partition coefficient (Wildman–Crippen LogP) is 3.36. The maximum Gasteiger partial charge on any atom is 0.406 e. The maximum atomic E-state index is 12.5. The molecule has 20 heavy (non-hydrogen) atoms. The van der Waals surface area contributed by atoms with Crippen molar-refractivity contribution in [2.24, 2.45) is 0 Å². The second-order valence-corrected chi connectivity index (χ2v) is 4.34. The van der Waals surface area contributed by atoms with E-state index >= 15 is 0 Å². The minimum absolute atomic E-state index is 0.0696. The monoisotopic (exact) mass is 313 g/mol. The Bertz CT molecular complexity index is 434. The van der Waals surface area contributed by atoms with Crippen molar-refractivity contribution in [1.82, 2.24) is 4.90 Å². The molecule has 0 unspecified atom stereocenters. The molecule has 114 valence electrons. The number of amides is 1. The zero-order valence-corrected chi connectivity index (χ0v) is 11.6. The molecule has 0 fully saturated rings. The van der Waals surface area contributed by atoms with Crippen LogP contribution in [0.2, 0.25) is 5.22 Å². The lowest BCUT2D eigenvalue weighted by Crippen LogP contribution is -2.39. The molecule has 8 heteroatoms. The highest BCUT2D eigenvalue weighted by atomic mass is 35.5. The molecule has 0 aliphatic carbocycles. The van der Waals surface area contributed by atoms with E-state index in [1.165, 1.54) is 6.07 Å². The van der Waals surface area contributed by atoms with E-state index in [0.29, 0.717) is 17.9 Å². The van der Waals surface area contributed by atoms with E-state index in [0.717, 1.165) is 6.26 Å². The Kier molecular flexibility index (Phi) is 6.35. The van der Waals surface area contributed by atoms with Gasteiger partial charge in [-0.2, -0.15) is 13.2 Å². The van der Waals surface area contributed by atoms with Crippen molar-refractivity contribution in [1.29, 1.82) is 0 Å². The molecule has 1 aromatic heterocycles. The fourth-order valence-electron chi connectivity index (χ4n) is 1.59. The summed E-state index contributed by atoms with van der Waals surface area (Å²) in [5.41, 5.74) is -0.0765. The van der Waals surface area contributed by atoms with Crippen LogP contribution in [0.3, 0.4) is 0 Å². The summed E-state index contributed by atoms with van der Waals surface area (Å²) in [6.45, 7) is 1.14. The van der Waals surface area contributed by atoms with Crippen LogP contribution < -0.4 is 0 Å². The van der Waals surface area contributed by atoms with Crippen LogP contribution in [0.4, 0.5) is 13.2 Å². The van der Waals surface area contributed by atoms with Crippen LogP contribution in [-0.4, -0.2) is 43.3 Å². The van der Waals surface area contributed by atoms with Crippen LogP contribution in [0, 0.1) is 0 Å². The number of hydrogen-bond donors (Lipinski definition) is 0. The van der Waals surface area contributed by atoms with Gasteiger partial charge in [0.25, 0.3) is 5.91 Å². The molecule has 0 saturated heterocycles. The molecule has 1 amide bonds. The summed E-state index contributed by atoms with van der Waals surface area (Å²) in [7, 11) is 0.